The summed E-state index contributed by atoms with van der Waals surface area (Å²) < 4.78 is 39.7. The van der Waals surface area contributed by atoms with E-state index >= 15 is 0 Å². The average molecular weight is 1160 g/mol. The molecule has 0 aliphatic carbocycles. The second kappa shape index (κ2) is 62.7. The van der Waals surface area contributed by atoms with Crippen LogP contribution in [0.5, 0.6) is 0 Å². The number of aliphatic hydroxyl groups excluding tert-OH is 1. The lowest BCUT2D eigenvalue weighted by Gasteiger charge is -2.21. The third kappa shape index (κ3) is 60.2. The van der Waals surface area contributed by atoms with Gasteiger partial charge in [-0.2, -0.15) is 0 Å². The topological polar surface area (TPSA) is 155 Å². The third-order valence-electron chi connectivity index (χ3n) is 13.1. The van der Waals surface area contributed by atoms with Gasteiger partial charge in [-0.1, -0.05) is 238 Å². The molecule has 0 aromatic rings. The zero-order valence-corrected chi connectivity index (χ0v) is 52.6. The smallest absolute Gasteiger partial charge is 0.462 e. The molecular formula is C70H115O11P. The largest absolute Gasteiger partial charge is 0.472 e. The summed E-state index contributed by atoms with van der Waals surface area (Å²) in [5.41, 5.74) is 0. The molecule has 0 aliphatic heterocycles. The molecular weight excluding hydrogens is 1050 g/mol. The Bertz CT molecular complexity index is 1890. The van der Waals surface area contributed by atoms with Gasteiger partial charge in [-0.05, 0) is 128 Å². The summed E-state index contributed by atoms with van der Waals surface area (Å²) in [4.78, 5) is 48.8. The molecule has 3 unspecified atom stereocenters. The third-order valence-corrected chi connectivity index (χ3v) is 14.0. The quantitative estimate of drug-likeness (QED) is 0.0197. The normalized spacial score (nSPS) is 14.2. The van der Waals surface area contributed by atoms with Crippen molar-refractivity contribution in [1.29, 1.82) is 0 Å². The monoisotopic (exact) mass is 1160 g/mol. The number of rotatable bonds is 58. The van der Waals surface area contributed by atoms with Crippen LogP contribution in [0, 0.1) is 0 Å². The van der Waals surface area contributed by atoms with Gasteiger partial charge < -0.3 is 24.2 Å². The standard InChI is InChI=1S/C70H115O11P/c1-4-7-10-13-16-19-22-25-28-31-33-36-39-42-45-48-51-54-57-60-69(73)80-66(62-71)64-78-82(75,76)79-65-67(63-77-68(72)59-56-53-50-47-44-41-38-35-30-27-24-21-18-15-12-9-6-3)81-70(74)61-58-55-52-49-46-43-40-37-34-32-29-26-23-20-17-14-11-8-5-2/h7-12,16-21,25-30,33-34,36-37,66-67,71H,4-6,13-15,22-24,31-32,35,38-65H2,1-3H3,(H,75,76)/b10-7-,11-8-,12-9-,19-16-,20-17-,21-18-,28-25-,29-26-,30-27-,36-33-,37-34-. The fourth-order valence-corrected chi connectivity index (χ4v) is 9.08. The molecule has 3 atom stereocenters. The van der Waals surface area contributed by atoms with Crippen LogP contribution in [0.2, 0.25) is 0 Å². The minimum Gasteiger partial charge on any atom is -0.462 e. The number of hydrogen-bond acceptors (Lipinski definition) is 10. The van der Waals surface area contributed by atoms with Crippen molar-refractivity contribution in [3.05, 3.63) is 134 Å². The van der Waals surface area contributed by atoms with Crippen molar-refractivity contribution in [3.8, 4) is 0 Å². The Balaban J connectivity index is 4.76. The van der Waals surface area contributed by atoms with Gasteiger partial charge in [0.25, 0.3) is 0 Å². The zero-order chi connectivity index (χ0) is 59.8. The number of carbonyl (C=O) groups is 3. The number of ether oxygens (including phenoxy) is 3. The molecule has 12 heteroatoms. The van der Waals surface area contributed by atoms with Gasteiger partial charge in [0, 0.05) is 19.3 Å². The molecule has 0 radical (unpaired) electrons. The highest BCUT2D eigenvalue weighted by Gasteiger charge is 2.28. The number of phosphoric acid groups is 1. The van der Waals surface area contributed by atoms with E-state index in [0.29, 0.717) is 19.3 Å². The van der Waals surface area contributed by atoms with Crippen molar-refractivity contribution in [1.82, 2.24) is 0 Å². The summed E-state index contributed by atoms with van der Waals surface area (Å²) >= 11 is 0. The lowest BCUT2D eigenvalue weighted by atomic mass is 10.1. The van der Waals surface area contributed by atoms with Crippen LogP contribution in [0.4, 0.5) is 0 Å². The predicted molar refractivity (Wildman–Crippen MR) is 343 cm³/mol. The Kier molecular flexibility index (Phi) is 59.3. The van der Waals surface area contributed by atoms with Crippen LogP contribution in [0.1, 0.15) is 252 Å². The van der Waals surface area contributed by atoms with Gasteiger partial charge in [0.1, 0.15) is 12.7 Å². The van der Waals surface area contributed by atoms with Crippen LogP contribution in [0.3, 0.4) is 0 Å². The molecule has 0 saturated heterocycles. The molecule has 0 rings (SSSR count). The van der Waals surface area contributed by atoms with Gasteiger partial charge in [-0.15, -0.1) is 0 Å². The minimum absolute atomic E-state index is 0.141. The van der Waals surface area contributed by atoms with E-state index in [-0.39, 0.29) is 25.9 Å². The highest BCUT2D eigenvalue weighted by molar-refractivity contribution is 7.47. The van der Waals surface area contributed by atoms with Crippen molar-refractivity contribution in [2.75, 3.05) is 26.4 Å². The second-order valence-electron chi connectivity index (χ2n) is 20.8. The molecule has 2 N–H and O–H groups in total. The molecule has 0 bridgehead atoms. The summed E-state index contributed by atoms with van der Waals surface area (Å²) in [6.45, 7) is 4.28. The number of carbonyl (C=O) groups excluding carboxylic acids is 3. The van der Waals surface area contributed by atoms with Crippen LogP contribution < -0.4 is 0 Å². The van der Waals surface area contributed by atoms with E-state index in [4.69, 9.17) is 23.3 Å². The molecule has 0 saturated carbocycles. The fourth-order valence-electron chi connectivity index (χ4n) is 8.29. The molecule has 82 heavy (non-hydrogen) atoms. The summed E-state index contributed by atoms with van der Waals surface area (Å²) in [7, 11) is -4.77. The molecule has 0 heterocycles. The highest BCUT2D eigenvalue weighted by Crippen LogP contribution is 2.43. The molecule has 11 nitrogen and oxygen atoms in total. The van der Waals surface area contributed by atoms with Crippen LogP contribution >= 0.6 is 7.82 Å². The number of unbranched alkanes of at least 4 members (excludes halogenated alkanes) is 19. The number of esters is 3. The number of hydrogen-bond donors (Lipinski definition) is 2. The van der Waals surface area contributed by atoms with Crippen LogP contribution in [-0.4, -0.2) is 66.5 Å². The first kappa shape index (κ1) is 77.6. The van der Waals surface area contributed by atoms with Gasteiger partial charge in [-0.3, -0.25) is 23.4 Å². The summed E-state index contributed by atoms with van der Waals surface area (Å²) in [5.74, 6) is -1.51. The maximum atomic E-state index is 13.0. The first-order chi connectivity index (χ1) is 40.2. The molecule has 0 spiro atoms. The Morgan fingerprint density at radius 2 is 0.598 bits per heavy atom. The molecule has 0 aliphatic rings. The van der Waals surface area contributed by atoms with Crippen molar-refractivity contribution < 1.29 is 52.2 Å². The van der Waals surface area contributed by atoms with Gasteiger partial charge >= 0.3 is 25.7 Å². The number of allylic oxidation sites excluding steroid dienone is 22. The molecule has 0 amide bonds. The SMILES string of the molecule is CC/C=C\C/C=C\C/C=C\C/C=C\CCCCCCCCC(=O)OC(CO)COP(=O)(O)OCC(COC(=O)CCCCCCCCC/C=C\C/C=C\C/C=C\CC)OC(=O)CCCCCCCC/C=C\C/C=C\C/C=C\C/C=C\CC. The second-order valence-corrected chi connectivity index (χ2v) is 22.2. The first-order valence-corrected chi connectivity index (χ1v) is 33.6. The molecule has 0 aromatic carbocycles. The summed E-state index contributed by atoms with van der Waals surface area (Å²) in [6.07, 6.45) is 79.6. The Hall–Kier alpha value is -4.38. The van der Waals surface area contributed by atoms with Crippen LogP contribution in [0.15, 0.2) is 134 Å². The van der Waals surface area contributed by atoms with E-state index in [1.807, 2.05) is 0 Å². The fraction of sp³-hybridized carbons (Fsp3) is 0.643. The minimum atomic E-state index is -4.77. The summed E-state index contributed by atoms with van der Waals surface area (Å²) in [5, 5.41) is 9.86. The van der Waals surface area contributed by atoms with E-state index in [2.05, 4.69) is 154 Å². The summed E-state index contributed by atoms with van der Waals surface area (Å²) in [6, 6.07) is 0. The molecule has 0 aromatic heterocycles. The van der Waals surface area contributed by atoms with Crippen LogP contribution in [-0.2, 0) is 42.2 Å². The maximum absolute atomic E-state index is 13.0. The van der Waals surface area contributed by atoms with Gasteiger partial charge in [-0.25, -0.2) is 4.57 Å². The van der Waals surface area contributed by atoms with Crippen LogP contribution in [0.25, 0.3) is 0 Å². The van der Waals surface area contributed by atoms with Gasteiger partial charge in [0.05, 0.1) is 19.8 Å². The van der Waals surface area contributed by atoms with Gasteiger partial charge in [0.15, 0.2) is 6.10 Å². The van der Waals surface area contributed by atoms with E-state index in [1.54, 1.807) is 0 Å². The number of phosphoric ester groups is 1. The van der Waals surface area contributed by atoms with E-state index in [1.165, 1.54) is 12.8 Å². The Labute approximate surface area is 500 Å². The zero-order valence-electron chi connectivity index (χ0n) is 51.7. The van der Waals surface area contributed by atoms with E-state index < -0.39 is 57.8 Å². The van der Waals surface area contributed by atoms with Crippen molar-refractivity contribution in [2.24, 2.45) is 0 Å². The van der Waals surface area contributed by atoms with E-state index in [9.17, 15) is 28.9 Å². The Morgan fingerprint density at radius 3 is 0.915 bits per heavy atom. The van der Waals surface area contributed by atoms with Crippen molar-refractivity contribution >= 4 is 25.7 Å². The number of aliphatic hydroxyl groups is 1. The van der Waals surface area contributed by atoms with Gasteiger partial charge in [0.2, 0.25) is 0 Å². The highest BCUT2D eigenvalue weighted by atomic mass is 31.2. The maximum Gasteiger partial charge on any atom is 0.472 e. The van der Waals surface area contributed by atoms with E-state index in [0.717, 1.165) is 180 Å². The molecule has 466 valence electrons. The average Bonchev–Trinajstić information content (AvgIpc) is 3.47. The van der Waals surface area contributed by atoms with Crippen molar-refractivity contribution in [3.63, 3.8) is 0 Å². The lowest BCUT2D eigenvalue weighted by Crippen LogP contribution is -2.30. The Morgan fingerprint density at radius 1 is 0.341 bits per heavy atom. The molecule has 0 fully saturated rings. The lowest BCUT2D eigenvalue weighted by molar-refractivity contribution is -0.161. The predicted octanol–water partition coefficient (Wildman–Crippen LogP) is 19.7. The first-order valence-electron chi connectivity index (χ1n) is 32.1. The van der Waals surface area contributed by atoms with Crippen molar-refractivity contribution in [2.45, 2.75) is 264 Å².